The third-order valence-corrected chi connectivity index (χ3v) is 4.22. The van der Waals surface area contributed by atoms with Gasteiger partial charge in [0.2, 0.25) is 0 Å². The van der Waals surface area contributed by atoms with Crippen molar-refractivity contribution in [1.82, 2.24) is 19.8 Å². The zero-order valence-electron chi connectivity index (χ0n) is 13.3. The molecule has 1 fully saturated rings. The van der Waals surface area contributed by atoms with E-state index in [0.29, 0.717) is 0 Å². The highest BCUT2D eigenvalue weighted by molar-refractivity contribution is 4.98. The molecule has 4 heteroatoms. The van der Waals surface area contributed by atoms with E-state index in [2.05, 4.69) is 40.5 Å². The van der Waals surface area contributed by atoms with Crippen LogP contribution in [0.2, 0.25) is 0 Å². The van der Waals surface area contributed by atoms with Crippen molar-refractivity contribution in [3.8, 4) is 0 Å². The first-order valence-electron chi connectivity index (χ1n) is 8.11. The second kappa shape index (κ2) is 7.79. The van der Waals surface area contributed by atoms with Crippen molar-refractivity contribution in [2.24, 2.45) is 11.8 Å². The van der Waals surface area contributed by atoms with Gasteiger partial charge in [0.1, 0.15) is 0 Å². The lowest BCUT2D eigenvalue weighted by Gasteiger charge is -2.32. The molecular formula is C16H30N4. The van der Waals surface area contributed by atoms with Crippen LogP contribution < -0.4 is 5.32 Å². The van der Waals surface area contributed by atoms with Crippen LogP contribution in [0, 0.1) is 11.8 Å². The number of aromatic nitrogens is 2. The second-order valence-electron chi connectivity index (χ2n) is 6.44. The van der Waals surface area contributed by atoms with Crippen LogP contribution in [0.5, 0.6) is 0 Å². The van der Waals surface area contributed by atoms with Crippen LogP contribution in [0.15, 0.2) is 12.5 Å². The Hall–Kier alpha value is -0.870. The van der Waals surface area contributed by atoms with Gasteiger partial charge in [0.15, 0.2) is 0 Å². The van der Waals surface area contributed by atoms with E-state index >= 15 is 0 Å². The summed E-state index contributed by atoms with van der Waals surface area (Å²) in [6.07, 6.45) is 6.61. The molecule has 2 heterocycles. The molecule has 0 radical (unpaired) electrons. The largest absolute Gasteiger partial charge is 0.334 e. The summed E-state index contributed by atoms with van der Waals surface area (Å²) in [6.45, 7) is 13.6. The van der Waals surface area contributed by atoms with Gasteiger partial charge in [-0.2, -0.15) is 0 Å². The predicted molar refractivity (Wildman–Crippen MR) is 83.6 cm³/mol. The summed E-state index contributed by atoms with van der Waals surface area (Å²) < 4.78 is 2.25. The number of aryl methyl sites for hydroxylation is 1. The minimum absolute atomic E-state index is 0.754. The molecule has 0 unspecified atom stereocenters. The lowest BCUT2D eigenvalue weighted by Crippen LogP contribution is -2.37. The number of hydrogen-bond donors (Lipinski definition) is 1. The molecule has 114 valence electrons. The van der Waals surface area contributed by atoms with E-state index in [-0.39, 0.29) is 0 Å². The lowest BCUT2D eigenvalue weighted by molar-refractivity contribution is 0.171. The molecule has 0 aliphatic carbocycles. The Morgan fingerprint density at radius 2 is 2.10 bits per heavy atom. The van der Waals surface area contributed by atoms with Crippen molar-refractivity contribution in [1.29, 1.82) is 0 Å². The first kappa shape index (κ1) is 15.5. The number of imidazole rings is 1. The van der Waals surface area contributed by atoms with Gasteiger partial charge in [0.25, 0.3) is 0 Å². The Balaban J connectivity index is 1.69. The molecule has 1 saturated heterocycles. The van der Waals surface area contributed by atoms with Gasteiger partial charge in [-0.05, 0) is 57.8 Å². The molecule has 4 nitrogen and oxygen atoms in total. The molecule has 0 spiro atoms. The summed E-state index contributed by atoms with van der Waals surface area (Å²) >= 11 is 0. The molecule has 1 aromatic heterocycles. The van der Waals surface area contributed by atoms with Crippen molar-refractivity contribution in [3.63, 3.8) is 0 Å². The van der Waals surface area contributed by atoms with Gasteiger partial charge in [0, 0.05) is 19.3 Å². The van der Waals surface area contributed by atoms with Crippen LogP contribution >= 0.6 is 0 Å². The Labute approximate surface area is 123 Å². The van der Waals surface area contributed by atoms with E-state index in [1.807, 2.05) is 12.5 Å². The van der Waals surface area contributed by atoms with Crippen LogP contribution in [0.1, 0.15) is 39.3 Å². The third kappa shape index (κ3) is 4.60. The standard InChI is InChI=1S/C16H30N4/c1-4-20-13-18-11-16(20)12-19-7-5-15(6-8-19)10-17-9-14(2)3/h11,13-15,17H,4-10,12H2,1-3H3. The molecule has 1 aromatic rings. The molecule has 20 heavy (non-hydrogen) atoms. The quantitative estimate of drug-likeness (QED) is 0.831. The maximum atomic E-state index is 4.26. The number of piperidine rings is 1. The number of nitrogens with one attached hydrogen (secondary N) is 1. The summed E-state index contributed by atoms with van der Waals surface area (Å²) in [5.74, 6) is 1.62. The zero-order valence-corrected chi connectivity index (χ0v) is 13.3. The summed E-state index contributed by atoms with van der Waals surface area (Å²) in [5, 5.41) is 3.60. The minimum atomic E-state index is 0.754. The summed E-state index contributed by atoms with van der Waals surface area (Å²) in [6, 6.07) is 0. The summed E-state index contributed by atoms with van der Waals surface area (Å²) in [4.78, 5) is 6.83. The Kier molecular flexibility index (Phi) is 6.05. The molecule has 0 amide bonds. The van der Waals surface area contributed by atoms with Gasteiger partial charge >= 0.3 is 0 Å². The summed E-state index contributed by atoms with van der Waals surface area (Å²) in [7, 11) is 0. The van der Waals surface area contributed by atoms with Gasteiger partial charge < -0.3 is 9.88 Å². The van der Waals surface area contributed by atoms with Crippen molar-refractivity contribution >= 4 is 0 Å². The van der Waals surface area contributed by atoms with E-state index in [0.717, 1.165) is 31.5 Å². The van der Waals surface area contributed by atoms with E-state index in [1.54, 1.807) is 0 Å². The van der Waals surface area contributed by atoms with Crippen LogP contribution in [0.4, 0.5) is 0 Å². The van der Waals surface area contributed by atoms with Gasteiger partial charge in [-0.15, -0.1) is 0 Å². The molecule has 2 rings (SSSR count). The molecular weight excluding hydrogens is 248 g/mol. The van der Waals surface area contributed by atoms with Crippen molar-refractivity contribution in [2.75, 3.05) is 26.2 Å². The Bertz CT molecular complexity index is 378. The van der Waals surface area contributed by atoms with E-state index in [1.165, 1.54) is 38.2 Å². The van der Waals surface area contributed by atoms with Crippen molar-refractivity contribution in [3.05, 3.63) is 18.2 Å². The number of nitrogens with zero attached hydrogens (tertiary/aromatic N) is 3. The predicted octanol–water partition coefficient (Wildman–Crippen LogP) is 2.36. The third-order valence-electron chi connectivity index (χ3n) is 4.22. The van der Waals surface area contributed by atoms with E-state index < -0.39 is 0 Å². The highest BCUT2D eigenvalue weighted by Crippen LogP contribution is 2.18. The normalized spacial score (nSPS) is 18.0. The zero-order chi connectivity index (χ0) is 14.4. The van der Waals surface area contributed by atoms with Crippen LogP contribution in [0.3, 0.4) is 0 Å². The second-order valence-corrected chi connectivity index (χ2v) is 6.44. The van der Waals surface area contributed by atoms with Crippen LogP contribution in [0.25, 0.3) is 0 Å². The molecule has 0 atom stereocenters. The topological polar surface area (TPSA) is 33.1 Å². The number of likely N-dealkylation sites (tertiary alicyclic amines) is 1. The fourth-order valence-corrected chi connectivity index (χ4v) is 2.92. The molecule has 0 aromatic carbocycles. The summed E-state index contributed by atoms with van der Waals surface area (Å²) in [5.41, 5.74) is 1.35. The first-order valence-corrected chi connectivity index (χ1v) is 8.11. The fourth-order valence-electron chi connectivity index (χ4n) is 2.92. The van der Waals surface area contributed by atoms with Crippen LogP contribution in [-0.2, 0) is 13.1 Å². The molecule has 1 aliphatic heterocycles. The SMILES string of the molecule is CCn1cncc1CN1CCC(CNCC(C)C)CC1. The van der Waals surface area contributed by atoms with E-state index in [4.69, 9.17) is 0 Å². The highest BCUT2D eigenvalue weighted by Gasteiger charge is 2.19. The minimum Gasteiger partial charge on any atom is -0.334 e. The maximum Gasteiger partial charge on any atom is 0.0948 e. The first-order chi connectivity index (χ1) is 9.69. The molecule has 1 N–H and O–H groups in total. The van der Waals surface area contributed by atoms with Gasteiger partial charge in [-0.3, -0.25) is 4.90 Å². The highest BCUT2D eigenvalue weighted by atomic mass is 15.2. The number of rotatable bonds is 7. The van der Waals surface area contributed by atoms with Gasteiger partial charge in [-0.25, -0.2) is 4.98 Å². The Morgan fingerprint density at radius 3 is 2.75 bits per heavy atom. The van der Waals surface area contributed by atoms with Gasteiger partial charge in [-0.1, -0.05) is 13.8 Å². The molecule has 0 bridgehead atoms. The monoisotopic (exact) mass is 278 g/mol. The van der Waals surface area contributed by atoms with Gasteiger partial charge in [0.05, 0.1) is 12.0 Å². The lowest BCUT2D eigenvalue weighted by atomic mass is 9.96. The van der Waals surface area contributed by atoms with Crippen LogP contribution in [-0.4, -0.2) is 40.6 Å². The molecule has 0 saturated carbocycles. The smallest absolute Gasteiger partial charge is 0.0948 e. The molecule has 1 aliphatic rings. The fraction of sp³-hybridized carbons (Fsp3) is 0.812. The van der Waals surface area contributed by atoms with Crippen molar-refractivity contribution in [2.45, 2.75) is 46.7 Å². The average molecular weight is 278 g/mol. The van der Waals surface area contributed by atoms with E-state index in [9.17, 15) is 0 Å². The van der Waals surface area contributed by atoms with Crippen molar-refractivity contribution < 1.29 is 0 Å². The number of hydrogen-bond acceptors (Lipinski definition) is 3. The Morgan fingerprint density at radius 1 is 1.35 bits per heavy atom. The maximum absolute atomic E-state index is 4.26. The average Bonchev–Trinajstić information content (AvgIpc) is 2.87.